The van der Waals surface area contributed by atoms with Gasteiger partial charge in [0, 0.05) is 11.8 Å². The van der Waals surface area contributed by atoms with Crippen LogP contribution in [0.5, 0.6) is 0 Å². The Labute approximate surface area is 286 Å². The Morgan fingerprint density at radius 2 is 1.76 bits per heavy atom. The zero-order chi connectivity index (χ0) is 36.0. The van der Waals surface area contributed by atoms with Crippen LogP contribution in [0.1, 0.15) is 89.3 Å². The Kier molecular flexibility index (Phi) is 9.03. The maximum atomic E-state index is 14.9. The standard InChI is InChI=1S/C35H38F4N8O3/c1-33(2,3)19-35(24-10-8-21(9-11-24)23-16-42-45(17-23)31(38)39)30(49)46(32(40)44-35)26(18-50-27(48)15-34(4)12-13-34)22-6-5-7-25(14-22)47-29(28(36)37)41-20-43-47/h5-11,14,16-17,20,26,28,31H,12-13,15,18-19H2,1-4H3,(H2,40,44)/t26-,35-/m1/s1. The number of benzene rings is 2. The maximum Gasteiger partial charge on any atom is 0.333 e. The third-order valence-corrected chi connectivity index (χ3v) is 9.07. The van der Waals surface area contributed by atoms with E-state index in [2.05, 4.69) is 15.2 Å². The Balaban J connectivity index is 1.38. The van der Waals surface area contributed by atoms with Crippen molar-refractivity contribution < 1.29 is 31.9 Å². The van der Waals surface area contributed by atoms with Gasteiger partial charge in [0.1, 0.15) is 12.9 Å². The fourth-order valence-electron chi connectivity index (χ4n) is 6.35. The van der Waals surface area contributed by atoms with Crippen molar-refractivity contribution in [1.82, 2.24) is 29.4 Å². The van der Waals surface area contributed by atoms with Crippen LogP contribution in [-0.4, -0.2) is 53.9 Å². The van der Waals surface area contributed by atoms with E-state index in [0.29, 0.717) is 26.9 Å². The van der Waals surface area contributed by atoms with Gasteiger partial charge in [-0.05, 0) is 58.9 Å². The van der Waals surface area contributed by atoms with Crippen LogP contribution in [0.2, 0.25) is 0 Å². The average Bonchev–Trinajstić information content (AvgIpc) is 3.43. The average molecular weight is 695 g/mol. The molecule has 1 aliphatic carbocycles. The van der Waals surface area contributed by atoms with Crippen molar-refractivity contribution in [2.75, 3.05) is 6.61 Å². The Hall–Kier alpha value is -5.08. The minimum Gasteiger partial charge on any atom is -0.463 e. The predicted octanol–water partition coefficient (Wildman–Crippen LogP) is 6.73. The zero-order valence-corrected chi connectivity index (χ0v) is 28.1. The highest BCUT2D eigenvalue weighted by Crippen LogP contribution is 2.49. The first-order valence-electron chi connectivity index (χ1n) is 16.2. The lowest BCUT2D eigenvalue weighted by molar-refractivity contribution is -0.148. The fraction of sp³-hybridized carbons (Fsp3) is 0.429. The van der Waals surface area contributed by atoms with E-state index in [0.717, 1.165) is 23.9 Å². The first-order valence-corrected chi connectivity index (χ1v) is 16.2. The number of guanidine groups is 1. The topological polar surface area (TPSA) is 134 Å². The second-order valence-corrected chi connectivity index (χ2v) is 14.4. The van der Waals surface area contributed by atoms with Gasteiger partial charge in [-0.1, -0.05) is 64.1 Å². The molecule has 0 radical (unpaired) electrons. The highest BCUT2D eigenvalue weighted by atomic mass is 19.3. The van der Waals surface area contributed by atoms with Gasteiger partial charge in [-0.3, -0.25) is 14.5 Å². The van der Waals surface area contributed by atoms with Gasteiger partial charge in [0.2, 0.25) is 0 Å². The number of halogens is 4. The van der Waals surface area contributed by atoms with Crippen molar-refractivity contribution in [3.8, 4) is 16.8 Å². The molecule has 1 aliphatic heterocycles. The lowest BCUT2D eigenvalue weighted by Crippen LogP contribution is -2.47. The number of hydrogen-bond donors (Lipinski definition) is 1. The number of esters is 1. The molecule has 0 saturated heterocycles. The number of carbonyl (C=O) groups is 2. The van der Waals surface area contributed by atoms with Crippen LogP contribution in [0, 0.1) is 10.8 Å². The molecular formula is C35H38F4N8O3. The monoisotopic (exact) mass is 694 g/mol. The minimum absolute atomic E-state index is 0.115. The number of alkyl halides is 4. The van der Waals surface area contributed by atoms with E-state index in [9.17, 15) is 27.2 Å². The Morgan fingerprint density at radius 3 is 2.38 bits per heavy atom. The van der Waals surface area contributed by atoms with Gasteiger partial charge in [-0.25, -0.2) is 28.1 Å². The molecule has 1 saturated carbocycles. The zero-order valence-electron chi connectivity index (χ0n) is 28.1. The molecule has 11 nitrogen and oxygen atoms in total. The van der Waals surface area contributed by atoms with Gasteiger partial charge in [-0.2, -0.15) is 19.0 Å². The SMILES string of the molecule is CC(C)(C)C[C@]1(c2ccc(-c3cnn(C(F)F)c3)cc2)N=C(N)N([C@H](COC(=O)CC2(C)CC2)c2cccc(-n3ncnc3C(F)F)c2)C1=O. The summed E-state index contributed by atoms with van der Waals surface area (Å²) in [7, 11) is 0. The number of ether oxygens (including phenoxy) is 1. The van der Waals surface area contributed by atoms with E-state index >= 15 is 0 Å². The molecule has 2 aliphatic rings. The van der Waals surface area contributed by atoms with E-state index in [1.165, 1.54) is 17.3 Å². The summed E-state index contributed by atoms with van der Waals surface area (Å²) in [6.07, 6.45) is 2.96. The maximum absolute atomic E-state index is 14.9. The quantitative estimate of drug-likeness (QED) is 0.129. The summed E-state index contributed by atoms with van der Waals surface area (Å²) >= 11 is 0. The van der Waals surface area contributed by atoms with E-state index in [1.54, 1.807) is 48.5 Å². The molecule has 1 amide bonds. The summed E-state index contributed by atoms with van der Waals surface area (Å²) in [5.74, 6) is -1.58. The van der Waals surface area contributed by atoms with Crippen LogP contribution in [0.15, 0.2) is 72.2 Å². The van der Waals surface area contributed by atoms with E-state index < -0.39 is 47.7 Å². The number of nitrogens with zero attached hydrogens (tertiary/aromatic N) is 7. The van der Waals surface area contributed by atoms with Crippen molar-refractivity contribution in [3.05, 3.63) is 84.2 Å². The molecule has 4 aromatic rings. The first kappa shape index (κ1) is 34.8. The minimum atomic E-state index is -2.89. The predicted molar refractivity (Wildman–Crippen MR) is 175 cm³/mol. The van der Waals surface area contributed by atoms with Gasteiger partial charge >= 0.3 is 12.5 Å². The third kappa shape index (κ3) is 6.98. The highest BCUT2D eigenvalue weighted by Gasteiger charge is 2.53. The Morgan fingerprint density at radius 1 is 1.04 bits per heavy atom. The lowest BCUT2D eigenvalue weighted by atomic mass is 9.75. The molecule has 6 rings (SSSR count). The van der Waals surface area contributed by atoms with Gasteiger partial charge in [0.15, 0.2) is 17.3 Å². The molecule has 2 aromatic carbocycles. The van der Waals surface area contributed by atoms with Gasteiger partial charge in [-0.15, -0.1) is 0 Å². The van der Waals surface area contributed by atoms with Crippen molar-refractivity contribution in [1.29, 1.82) is 0 Å². The second kappa shape index (κ2) is 13.0. The summed E-state index contributed by atoms with van der Waals surface area (Å²) in [6, 6.07) is 12.3. The third-order valence-electron chi connectivity index (χ3n) is 9.07. The summed E-state index contributed by atoms with van der Waals surface area (Å²) in [4.78, 5) is 37.6. The van der Waals surface area contributed by atoms with Crippen molar-refractivity contribution in [2.24, 2.45) is 21.6 Å². The summed E-state index contributed by atoms with van der Waals surface area (Å²) in [5, 5.41) is 7.68. The van der Waals surface area contributed by atoms with Crippen molar-refractivity contribution in [3.63, 3.8) is 0 Å². The molecule has 0 spiro atoms. The lowest BCUT2D eigenvalue weighted by Gasteiger charge is -2.35. The molecule has 2 N–H and O–H groups in total. The van der Waals surface area contributed by atoms with Crippen LogP contribution in [0.25, 0.3) is 16.8 Å². The number of nitrogens with two attached hydrogens (primary N) is 1. The van der Waals surface area contributed by atoms with Crippen LogP contribution < -0.4 is 5.73 Å². The van der Waals surface area contributed by atoms with Gasteiger partial charge in [0.25, 0.3) is 12.3 Å². The fourth-order valence-corrected chi connectivity index (χ4v) is 6.35. The smallest absolute Gasteiger partial charge is 0.333 e. The van der Waals surface area contributed by atoms with Crippen molar-refractivity contribution in [2.45, 2.75) is 77.9 Å². The van der Waals surface area contributed by atoms with Crippen LogP contribution >= 0.6 is 0 Å². The summed E-state index contributed by atoms with van der Waals surface area (Å²) in [6.45, 7) is 4.82. The van der Waals surface area contributed by atoms with Gasteiger partial charge < -0.3 is 10.5 Å². The van der Waals surface area contributed by atoms with E-state index in [4.69, 9.17) is 15.5 Å². The molecule has 1 fully saturated rings. The molecule has 3 heterocycles. The largest absolute Gasteiger partial charge is 0.463 e. The van der Waals surface area contributed by atoms with Crippen LogP contribution in [-0.2, 0) is 19.9 Å². The summed E-state index contributed by atoms with van der Waals surface area (Å²) in [5.41, 5.74) is 6.84. The number of amides is 1. The number of aromatic nitrogens is 5. The molecule has 2 aromatic heterocycles. The highest BCUT2D eigenvalue weighted by molar-refractivity contribution is 6.07. The molecule has 0 unspecified atom stereocenters. The Bertz CT molecular complexity index is 1910. The number of carbonyl (C=O) groups excluding carboxylic acids is 2. The first-order chi connectivity index (χ1) is 23.6. The van der Waals surface area contributed by atoms with Crippen LogP contribution in [0.4, 0.5) is 17.6 Å². The number of rotatable bonds is 12. The normalized spacial score (nSPS) is 19.3. The summed E-state index contributed by atoms with van der Waals surface area (Å²) < 4.78 is 61.1. The number of aliphatic imine (C=N–C) groups is 1. The molecule has 50 heavy (non-hydrogen) atoms. The molecular weight excluding hydrogens is 656 g/mol. The molecule has 15 heteroatoms. The second-order valence-electron chi connectivity index (χ2n) is 14.4. The van der Waals surface area contributed by atoms with E-state index in [-0.39, 0.29) is 36.5 Å². The van der Waals surface area contributed by atoms with E-state index in [1.807, 2.05) is 27.7 Å². The number of hydrogen-bond acceptors (Lipinski definition) is 8. The molecule has 264 valence electrons. The molecule has 0 bridgehead atoms. The van der Waals surface area contributed by atoms with Crippen LogP contribution in [0.3, 0.4) is 0 Å². The molecule has 2 atom stereocenters. The van der Waals surface area contributed by atoms with Gasteiger partial charge in [0.05, 0.1) is 24.3 Å². The van der Waals surface area contributed by atoms with Crippen molar-refractivity contribution >= 4 is 17.8 Å².